The Labute approximate surface area is 116 Å². The van der Waals surface area contributed by atoms with Gasteiger partial charge in [-0.25, -0.2) is 0 Å². The highest BCUT2D eigenvalue weighted by atomic mass is 32.2. The number of nitrogens with one attached hydrogen (secondary N) is 1. The van der Waals surface area contributed by atoms with Crippen molar-refractivity contribution in [3.63, 3.8) is 0 Å². The summed E-state index contributed by atoms with van der Waals surface area (Å²) in [6.07, 6.45) is -3.94. The van der Waals surface area contributed by atoms with Gasteiger partial charge in [0.15, 0.2) is 9.91 Å². The minimum absolute atomic E-state index is 0.0429. The molecule has 1 aromatic rings. The fourth-order valence-electron chi connectivity index (χ4n) is 1.46. The number of hydrogen-bond donors (Lipinski definition) is 1. The van der Waals surface area contributed by atoms with Crippen LogP contribution in [0.4, 0.5) is 13.2 Å². The second kappa shape index (κ2) is 5.16. The SMILES string of the molecule is CC1(C(F)(F)F)SC(=NCCc2cccs2)NC1=O. The van der Waals surface area contributed by atoms with E-state index in [1.165, 1.54) is 0 Å². The number of amides is 1. The predicted molar refractivity (Wildman–Crippen MR) is 70.5 cm³/mol. The zero-order valence-corrected chi connectivity index (χ0v) is 11.6. The van der Waals surface area contributed by atoms with Gasteiger partial charge in [0.1, 0.15) is 0 Å². The van der Waals surface area contributed by atoms with Crippen LogP contribution in [0, 0.1) is 0 Å². The van der Waals surface area contributed by atoms with Crippen LogP contribution >= 0.6 is 23.1 Å². The lowest BCUT2D eigenvalue weighted by molar-refractivity contribution is -0.166. The van der Waals surface area contributed by atoms with Crippen LogP contribution in [0.5, 0.6) is 0 Å². The third kappa shape index (κ3) is 2.94. The van der Waals surface area contributed by atoms with Crippen LogP contribution in [-0.2, 0) is 11.2 Å². The first kappa shape index (κ1) is 14.4. The third-order valence-electron chi connectivity index (χ3n) is 2.69. The molecular formula is C11H11F3N2OS2. The van der Waals surface area contributed by atoms with Crippen molar-refractivity contribution in [1.82, 2.24) is 5.32 Å². The van der Waals surface area contributed by atoms with Gasteiger partial charge in [0.25, 0.3) is 5.91 Å². The van der Waals surface area contributed by atoms with Gasteiger partial charge in [-0.15, -0.1) is 11.3 Å². The highest BCUT2D eigenvalue weighted by Gasteiger charge is 2.61. The van der Waals surface area contributed by atoms with E-state index < -0.39 is 16.8 Å². The molecule has 0 aromatic carbocycles. The van der Waals surface area contributed by atoms with E-state index in [-0.39, 0.29) is 5.17 Å². The van der Waals surface area contributed by atoms with E-state index in [9.17, 15) is 18.0 Å². The smallest absolute Gasteiger partial charge is 0.304 e. The molecular weight excluding hydrogens is 297 g/mol. The van der Waals surface area contributed by atoms with E-state index in [0.29, 0.717) is 24.7 Å². The Kier molecular flexibility index (Phi) is 3.91. The Bertz CT molecular complexity index is 499. The number of rotatable bonds is 3. The number of hydrogen-bond acceptors (Lipinski definition) is 4. The summed E-state index contributed by atoms with van der Waals surface area (Å²) in [5.41, 5.74) is 0. The van der Waals surface area contributed by atoms with Crippen LogP contribution in [0.3, 0.4) is 0 Å². The largest absolute Gasteiger partial charge is 0.412 e. The van der Waals surface area contributed by atoms with Crippen LogP contribution in [-0.4, -0.2) is 28.5 Å². The number of carbonyl (C=O) groups excluding carboxylic acids is 1. The summed E-state index contributed by atoms with van der Waals surface area (Å²) in [5.74, 6) is -1.06. The van der Waals surface area contributed by atoms with Crippen LogP contribution in [0.2, 0.25) is 0 Å². The summed E-state index contributed by atoms with van der Waals surface area (Å²) in [6, 6.07) is 3.84. The van der Waals surface area contributed by atoms with Crippen molar-refractivity contribution in [3.05, 3.63) is 22.4 Å². The summed E-state index contributed by atoms with van der Waals surface area (Å²) in [6.45, 7) is 1.23. The normalized spacial score (nSPS) is 25.9. The van der Waals surface area contributed by atoms with Crippen LogP contribution in [0.15, 0.2) is 22.5 Å². The number of carbonyl (C=O) groups is 1. The first-order valence-electron chi connectivity index (χ1n) is 5.47. The predicted octanol–water partition coefficient (Wildman–Crippen LogP) is 2.83. The molecule has 1 aliphatic heterocycles. The minimum Gasteiger partial charge on any atom is -0.304 e. The van der Waals surface area contributed by atoms with E-state index in [1.807, 2.05) is 17.5 Å². The number of thioether (sulfide) groups is 1. The average molecular weight is 308 g/mol. The highest BCUT2D eigenvalue weighted by Crippen LogP contribution is 2.44. The molecule has 1 atom stereocenters. The van der Waals surface area contributed by atoms with Crippen molar-refractivity contribution in [2.75, 3.05) is 6.54 Å². The molecule has 0 spiro atoms. The lowest BCUT2D eigenvalue weighted by Gasteiger charge is -2.21. The molecule has 104 valence electrons. The molecule has 1 unspecified atom stereocenters. The van der Waals surface area contributed by atoms with Gasteiger partial charge in [-0.3, -0.25) is 9.79 Å². The quantitative estimate of drug-likeness (QED) is 0.933. The van der Waals surface area contributed by atoms with E-state index in [2.05, 4.69) is 10.3 Å². The molecule has 3 nitrogen and oxygen atoms in total. The van der Waals surface area contributed by atoms with Crippen LogP contribution in [0.25, 0.3) is 0 Å². The molecule has 1 aliphatic rings. The maximum Gasteiger partial charge on any atom is 0.412 e. The lowest BCUT2D eigenvalue weighted by atomic mass is 10.1. The van der Waals surface area contributed by atoms with Crippen LogP contribution < -0.4 is 5.32 Å². The van der Waals surface area contributed by atoms with Crippen molar-refractivity contribution >= 4 is 34.2 Å². The Morgan fingerprint density at radius 1 is 1.47 bits per heavy atom. The molecule has 1 N–H and O–H groups in total. The molecule has 0 radical (unpaired) electrons. The third-order valence-corrected chi connectivity index (χ3v) is 4.87. The molecule has 8 heteroatoms. The highest BCUT2D eigenvalue weighted by molar-refractivity contribution is 8.16. The van der Waals surface area contributed by atoms with Gasteiger partial charge < -0.3 is 5.32 Å². The molecule has 0 aliphatic carbocycles. The van der Waals surface area contributed by atoms with Crippen molar-refractivity contribution in [1.29, 1.82) is 0 Å². The minimum atomic E-state index is -4.59. The van der Waals surface area contributed by atoms with E-state index in [4.69, 9.17) is 0 Å². The van der Waals surface area contributed by atoms with Crippen molar-refractivity contribution in [2.24, 2.45) is 4.99 Å². The molecule has 2 heterocycles. The van der Waals surface area contributed by atoms with E-state index in [0.717, 1.165) is 11.8 Å². The Morgan fingerprint density at radius 3 is 2.74 bits per heavy atom. The van der Waals surface area contributed by atoms with Crippen molar-refractivity contribution in [3.8, 4) is 0 Å². The Balaban J connectivity index is 1.99. The number of halogens is 3. The number of amidine groups is 1. The number of nitrogens with zero attached hydrogens (tertiary/aromatic N) is 1. The van der Waals surface area contributed by atoms with E-state index in [1.54, 1.807) is 11.3 Å². The molecule has 1 aromatic heterocycles. The van der Waals surface area contributed by atoms with Gasteiger partial charge in [-0.05, 0) is 18.4 Å². The number of alkyl halides is 3. The Hall–Kier alpha value is -1.02. The fraction of sp³-hybridized carbons (Fsp3) is 0.455. The summed E-state index contributed by atoms with van der Waals surface area (Å²) in [4.78, 5) is 16.5. The van der Waals surface area contributed by atoms with Gasteiger partial charge in [0.2, 0.25) is 0 Å². The van der Waals surface area contributed by atoms with Crippen LogP contribution in [0.1, 0.15) is 11.8 Å². The molecule has 19 heavy (non-hydrogen) atoms. The average Bonchev–Trinajstić information content (AvgIpc) is 2.88. The second-order valence-electron chi connectivity index (χ2n) is 4.10. The first-order chi connectivity index (χ1) is 8.83. The summed E-state index contributed by atoms with van der Waals surface area (Å²) >= 11 is 2.00. The molecule has 1 saturated heterocycles. The van der Waals surface area contributed by atoms with Gasteiger partial charge in [0.05, 0.1) is 0 Å². The zero-order chi connectivity index (χ0) is 14.1. The standard InChI is InChI=1S/C11H11F3N2OS2/c1-10(11(12,13)14)8(17)16-9(19-10)15-5-4-7-3-2-6-18-7/h2-3,6H,4-5H2,1H3,(H,15,16,17). The number of aliphatic imine (C=N–C) groups is 1. The van der Waals surface area contributed by atoms with Gasteiger partial charge >= 0.3 is 6.18 Å². The summed E-state index contributed by atoms with van der Waals surface area (Å²) in [5, 5.41) is 4.16. The number of thiophene rings is 1. The maximum atomic E-state index is 12.8. The van der Waals surface area contributed by atoms with Gasteiger partial charge in [-0.2, -0.15) is 13.2 Å². The molecule has 2 rings (SSSR count). The van der Waals surface area contributed by atoms with Gasteiger partial charge in [-0.1, -0.05) is 17.8 Å². The molecule has 1 amide bonds. The summed E-state index contributed by atoms with van der Waals surface area (Å²) in [7, 11) is 0. The topological polar surface area (TPSA) is 41.5 Å². The Morgan fingerprint density at radius 2 is 2.21 bits per heavy atom. The zero-order valence-electron chi connectivity index (χ0n) is 9.95. The van der Waals surface area contributed by atoms with Crippen molar-refractivity contribution < 1.29 is 18.0 Å². The second-order valence-corrected chi connectivity index (χ2v) is 6.54. The first-order valence-corrected chi connectivity index (χ1v) is 7.16. The van der Waals surface area contributed by atoms with Crippen molar-refractivity contribution in [2.45, 2.75) is 24.3 Å². The molecule has 0 saturated carbocycles. The van der Waals surface area contributed by atoms with E-state index >= 15 is 0 Å². The fourth-order valence-corrected chi connectivity index (χ4v) is 3.11. The molecule has 1 fully saturated rings. The maximum absolute atomic E-state index is 12.8. The lowest BCUT2D eigenvalue weighted by Crippen LogP contribution is -2.46. The summed E-state index contributed by atoms with van der Waals surface area (Å²) < 4.78 is 35.9. The van der Waals surface area contributed by atoms with Gasteiger partial charge in [0, 0.05) is 17.8 Å². The monoisotopic (exact) mass is 308 g/mol. The molecule has 0 bridgehead atoms.